The molecule has 1 unspecified atom stereocenters. The number of anilines is 2. The van der Waals surface area contributed by atoms with Crippen molar-refractivity contribution in [2.45, 2.75) is 33.2 Å². The van der Waals surface area contributed by atoms with Gasteiger partial charge in [-0.2, -0.15) is 0 Å². The molecular formula is C21H24Cl2N2O4. The second-order valence-corrected chi connectivity index (χ2v) is 7.40. The quantitative estimate of drug-likeness (QED) is 0.459. The van der Waals surface area contributed by atoms with E-state index in [9.17, 15) is 9.59 Å². The van der Waals surface area contributed by atoms with Crippen molar-refractivity contribution in [3.05, 3.63) is 52.0 Å². The topological polar surface area (TPSA) is 87.7 Å². The van der Waals surface area contributed by atoms with Crippen LogP contribution in [0.25, 0.3) is 0 Å². The van der Waals surface area contributed by atoms with Crippen molar-refractivity contribution in [2.75, 3.05) is 17.2 Å². The lowest BCUT2D eigenvalue weighted by atomic mass is 10.0. The number of hydrogen-bond donors (Lipinski definition) is 3. The number of carbonyl (C=O) groups is 2. The Kier molecular flexibility index (Phi) is 8.61. The molecule has 0 saturated carbocycles. The lowest BCUT2D eigenvalue weighted by Crippen LogP contribution is -2.16. The Hall–Kier alpha value is -2.44. The molecule has 156 valence electrons. The highest BCUT2D eigenvalue weighted by Crippen LogP contribution is 2.29. The van der Waals surface area contributed by atoms with Crippen LogP contribution in [-0.4, -0.2) is 23.6 Å². The lowest BCUT2D eigenvalue weighted by molar-refractivity contribution is -0.142. The minimum absolute atomic E-state index is 0.196. The van der Waals surface area contributed by atoms with Crippen LogP contribution in [0.3, 0.4) is 0 Å². The Labute approximate surface area is 180 Å². The van der Waals surface area contributed by atoms with Gasteiger partial charge in [-0.25, -0.2) is 0 Å². The van der Waals surface area contributed by atoms with Crippen LogP contribution in [0.2, 0.25) is 10.0 Å². The molecule has 2 aromatic carbocycles. The third-order valence-electron chi connectivity index (χ3n) is 4.36. The monoisotopic (exact) mass is 438 g/mol. The van der Waals surface area contributed by atoms with Crippen LogP contribution < -0.4 is 15.4 Å². The summed E-state index contributed by atoms with van der Waals surface area (Å²) in [5, 5.41) is 16.2. The van der Waals surface area contributed by atoms with Gasteiger partial charge in [0.2, 0.25) is 5.91 Å². The zero-order valence-corrected chi connectivity index (χ0v) is 17.8. The molecule has 0 spiro atoms. The van der Waals surface area contributed by atoms with Crippen molar-refractivity contribution in [1.29, 1.82) is 0 Å². The van der Waals surface area contributed by atoms with Crippen LogP contribution in [0.5, 0.6) is 5.75 Å². The second kappa shape index (κ2) is 10.9. The fraction of sp³-hybridized carbons (Fsp3) is 0.333. The van der Waals surface area contributed by atoms with Gasteiger partial charge in [-0.3, -0.25) is 9.59 Å². The molecular weight excluding hydrogens is 415 g/mol. The van der Waals surface area contributed by atoms with Crippen LogP contribution >= 0.6 is 23.2 Å². The van der Waals surface area contributed by atoms with Crippen LogP contribution in [0, 0.1) is 5.92 Å². The smallest absolute Gasteiger partial charge is 0.306 e. The Morgan fingerprint density at radius 3 is 2.52 bits per heavy atom. The highest BCUT2D eigenvalue weighted by molar-refractivity contribution is 6.35. The van der Waals surface area contributed by atoms with Gasteiger partial charge >= 0.3 is 5.97 Å². The Bertz CT molecular complexity index is 874. The summed E-state index contributed by atoms with van der Waals surface area (Å²) in [6, 6.07) is 10.5. The van der Waals surface area contributed by atoms with E-state index in [0.29, 0.717) is 46.6 Å². The van der Waals surface area contributed by atoms with E-state index in [0.717, 1.165) is 5.56 Å². The summed E-state index contributed by atoms with van der Waals surface area (Å²) in [7, 11) is 0. The summed E-state index contributed by atoms with van der Waals surface area (Å²) in [5.41, 5.74) is 2.12. The molecule has 0 aliphatic carbocycles. The van der Waals surface area contributed by atoms with Gasteiger partial charge in [-0.1, -0.05) is 36.2 Å². The molecule has 0 radical (unpaired) electrons. The van der Waals surface area contributed by atoms with E-state index in [-0.39, 0.29) is 12.5 Å². The van der Waals surface area contributed by atoms with Gasteiger partial charge in [0.25, 0.3) is 0 Å². The predicted molar refractivity (Wildman–Crippen MR) is 116 cm³/mol. The van der Waals surface area contributed by atoms with E-state index in [1.54, 1.807) is 30.3 Å². The molecule has 0 aliphatic heterocycles. The van der Waals surface area contributed by atoms with Gasteiger partial charge in [0.1, 0.15) is 5.75 Å². The molecule has 29 heavy (non-hydrogen) atoms. The third kappa shape index (κ3) is 7.15. The first-order valence-electron chi connectivity index (χ1n) is 9.25. The maximum atomic E-state index is 11.5. The molecule has 3 N–H and O–H groups in total. The van der Waals surface area contributed by atoms with Crippen LogP contribution in [0.4, 0.5) is 11.4 Å². The second-order valence-electron chi connectivity index (χ2n) is 6.56. The zero-order valence-electron chi connectivity index (χ0n) is 16.3. The minimum atomic E-state index is -0.820. The van der Waals surface area contributed by atoms with Crippen molar-refractivity contribution >= 4 is 46.5 Å². The Morgan fingerprint density at radius 1 is 1.14 bits per heavy atom. The van der Waals surface area contributed by atoms with Crippen molar-refractivity contribution in [2.24, 2.45) is 5.92 Å². The van der Waals surface area contributed by atoms with Gasteiger partial charge in [-0.15, -0.1) is 0 Å². The predicted octanol–water partition coefficient (Wildman–Crippen LogP) is 5.44. The van der Waals surface area contributed by atoms with Crippen LogP contribution in [0.1, 0.15) is 32.3 Å². The Balaban J connectivity index is 2.11. The fourth-order valence-electron chi connectivity index (χ4n) is 2.73. The third-order valence-corrected chi connectivity index (χ3v) is 4.95. The summed E-state index contributed by atoms with van der Waals surface area (Å²) in [4.78, 5) is 22.6. The summed E-state index contributed by atoms with van der Waals surface area (Å²) < 4.78 is 5.72. The summed E-state index contributed by atoms with van der Waals surface area (Å²) in [6.07, 6.45) is 0.969. The van der Waals surface area contributed by atoms with Crippen molar-refractivity contribution in [3.63, 3.8) is 0 Å². The average Bonchev–Trinajstić information content (AvgIpc) is 2.65. The van der Waals surface area contributed by atoms with Gasteiger partial charge < -0.3 is 20.5 Å². The number of carbonyl (C=O) groups excluding carboxylic acids is 1. The highest BCUT2D eigenvalue weighted by atomic mass is 35.5. The highest BCUT2D eigenvalue weighted by Gasteiger charge is 2.15. The number of carboxylic acid groups (broad SMARTS) is 1. The molecule has 1 amide bonds. The number of nitrogens with one attached hydrogen (secondary N) is 2. The molecule has 8 heteroatoms. The fourth-order valence-corrected chi connectivity index (χ4v) is 3.21. The maximum absolute atomic E-state index is 11.5. The normalized spacial score (nSPS) is 11.6. The number of ether oxygens (including phenoxy) is 1. The molecule has 0 bridgehead atoms. The van der Waals surface area contributed by atoms with E-state index in [1.807, 2.05) is 13.0 Å². The van der Waals surface area contributed by atoms with E-state index in [1.165, 1.54) is 6.92 Å². The van der Waals surface area contributed by atoms with E-state index < -0.39 is 11.9 Å². The largest absolute Gasteiger partial charge is 0.493 e. The number of halogens is 2. The molecule has 2 aromatic rings. The first-order valence-corrected chi connectivity index (χ1v) is 10.0. The van der Waals surface area contributed by atoms with Gasteiger partial charge in [0, 0.05) is 29.6 Å². The van der Waals surface area contributed by atoms with Crippen molar-refractivity contribution < 1.29 is 19.4 Å². The van der Waals surface area contributed by atoms with Crippen molar-refractivity contribution in [3.8, 4) is 5.75 Å². The molecule has 2 rings (SSSR count). The maximum Gasteiger partial charge on any atom is 0.306 e. The molecule has 0 heterocycles. The van der Waals surface area contributed by atoms with Crippen LogP contribution in [-0.2, 0) is 16.1 Å². The number of carboxylic acids is 1. The van der Waals surface area contributed by atoms with Crippen LogP contribution in [0.15, 0.2) is 36.4 Å². The molecule has 0 aliphatic rings. The molecule has 0 saturated heterocycles. The standard InChI is InChI=1S/C21H24Cl2N2O4/c1-3-14(21(27)28)8-9-29-17-6-7-19(25-13(2)26)20(11-17)24-12-15-4-5-16(22)10-18(15)23/h4-7,10-11,14,24H,3,8-9,12H2,1-2H3,(H,25,26)(H,27,28). The van der Waals surface area contributed by atoms with Gasteiger partial charge in [-0.05, 0) is 42.7 Å². The molecule has 1 atom stereocenters. The summed E-state index contributed by atoms with van der Waals surface area (Å²) >= 11 is 12.2. The zero-order chi connectivity index (χ0) is 21.4. The van der Waals surface area contributed by atoms with E-state index in [4.69, 9.17) is 33.0 Å². The lowest BCUT2D eigenvalue weighted by Gasteiger charge is -2.16. The molecule has 6 nitrogen and oxygen atoms in total. The van der Waals surface area contributed by atoms with E-state index >= 15 is 0 Å². The van der Waals surface area contributed by atoms with Gasteiger partial charge in [0.05, 0.1) is 23.9 Å². The first kappa shape index (κ1) is 22.8. The number of aliphatic carboxylic acids is 1. The molecule has 0 fully saturated rings. The van der Waals surface area contributed by atoms with Crippen molar-refractivity contribution in [1.82, 2.24) is 0 Å². The molecule has 0 aromatic heterocycles. The average molecular weight is 439 g/mol. The number of rotatable bonds is 10. The summed E-state index contributed by atoms with van der Waals surface area (Å²) in [5.74, 6) is -0.875. The SMILES string of the molecule is CCC(CCOc1ccc(NC(C)=O)c(NCc2ccc(Cl)cc2Cl)c1)C(=O)O. The number of benzene rings is 2. The summed E-state index contributed by atoms with van der Waals surface area (Å²) in [6.45, 7) is 3.97. The van der Waals surface area contributed by atoms with Gasteiger partial charge in [0.15, 0.2) is 0 Å². The number of hydrogen-bond acceptors (Lipinski definition) is 4. The first-order chi connectivity index (χ1) is 13.8. The Morgan fingerprint density at radius 2 is 1.90 bits per heavy atom. The number of amides is 1. The minimum Gasteiger partial charge on any atom is -0.493 e. The van der Waals surface area contributed by atoms with E-state index in [2.05, 4.69) is 10.6 Å².